The van der Waals surface area contributed by atoms with Crippen LogP contribution in [0.2, 0.25) is 0 Å². The summed E-state index contributed by atoms with van der Waals surface area (Å²) in [6.07, 6.45) is 8.23. The van der Waals surface area contributed by atoms with E-state index in [0.717, 1.165) is 38.3 Å². The van der Waals surface area contributed by atoms with Crippen molar-refractivity contribution in [1.82, 2.24) is 4.90 Å². The Morgan fingerprint density at radius 2 is 2.00 bits per heavy atom. The third-order valence-corrected chi connectivity index (χ3v) is 5.04. The average molecular weight is 258 g/mol. The molecule has 2 nitrogen and oxygen atoms in total. The lowest BCUT2D eigenvalue weighted by Crippen LogP contribution is -2.43. The molecule has 0 spiro atoms. The van der Waals surface area contributed by atoms with E-state index in [4.69, 9.17) is 11.6 Å². The third kappa shape index (κ3) is 3.61. The number of carbonyl (C=O) groups is 1. The van der Waals surface area contributed by atoms with Crippen molar-refractivity contribution in [2.24, 2.45) is 11.8 Å². The molecule has 2 aliphatic rings. The molecule has 98 valence electrons. The van der Waals surface area contributed by atoms with Crippen LogP contribution in [0.3, 0.4) is 0 Å². The van der Waals surface area contributed by atoms with Crippen LogP contribution in [0.1, 0.15) is 51.9 Å². The Balaban J connectivity index is 1.72. The molecule has 1 aliphatic carbocycles. The number of carbonyl (C=O) groups excluding carboxylic acids is 1. The van der Waals surface area contributed by atoms with Gasteiger partial charge in [0.2, 0.25) is 5.91 Å². The van der Waals surface area contributed by atoms with E-state index in [2.05, 4.69) is 6.92 Å². The molecule has 0 radical (unpaired) electrons. The molecule has 0 aromatic rings. The van der Waals surface area contributed by atoms with Crippen molar-refractivity contribution < 1.29 is 4.79 Å². The van der Waals surface area contributed by atoms with Crippen molar-refractivity contribution in [3.63, 3.8) is 0 Å². The highest BCUT2D eigenvalue weighted by Crippen LogP contribution is 2.29. The van der Waals surface area contributed by atoms with Crippen molar-refractivity contribution in [3.05, 3.63) is 0 Å². The van der Waals surface area contributed by atoms with E-state index in [-0.39, 0.29) is 5.38 Å². The minimum atomic E-state index is 0.258. The molecule has 1 aliphatic heterocycles. The molecule has 0 N–H and O–H groups in total. The van der Waals surface area contributed by atoms with Gasteiger partial charge in [0.1, 0.15) is 0 Å². The molecule has 0 aromatic carbocycles. The molecule has 2 atom stereocenters. The SMILES string of the molecule is CC1CN(C(=O)CCC2CCCC2)CCC1Cl. The van der Waals surface area contributed by atoms with Crippen LogP contribution in [0.25, 0.3) is 0 Å². The number of halogens is 1. The number of hydrogen-bond acceptors (Lipinski definition) is 1. The second-order valence-electron chi connectivity index (χ2n) is 5.81. The fourth-order valence-electron chi connectivity index (χ4n) is 3.13. The normalized spacial score (nSPS) is 30.8. The predicted molar refractivity (Wildman–Crippen MR) is 71.2 cm³/mol. The molecule has 17 heavy (non-hydrogen) atoms. The molecule has 3 heteroatoms. The zero-order chi connectivity index (χ0) is 12.3. The van der Waals surface area contributed by atoms with Crippen LogP contribution < -0.4 is 0 Å². The maximum atomic E-state index is 12.1. The Morgan fingerprint density at radius 1 is 1.29 bits per heavy atom. The van der Waals surface area contributed by atoms with Crippen LogP contribution in [0.15, 0.2) is 0 Å². The Hall–Kier alpha value is -0.240. The largest absolute Gasteiger partial charge is 0.342 e. The van der Waals surface area contributed by atoms with Gasteiger partial charge in [0.05, 0.1) is 0 Å². The van der Waals surface area contributed by atoms with Crippen LogP contribution in [-0.2, 0) is 4.79 Å². The third-order valence-electron chi connectivity index (χ3n) is 4.39. The second kappa shape index (κ2) is 6.08. The Kier molecular flexibility index (Phi) is 4.72. The van der Waals surface area contributed by atoms with E-state index in [1.54, 1.807) is 0 Å². The molecule has 2 unspecified atom stereocenters. The second-order valence-corrected chi connectivity index (χ2v) is 6.37. The lowest BCUT2D eigenvalue weighted by molar-refractivity contribution is -0.133. The van der Waals surface area contributed by atoms with Crippen LogP contribution in [0, 0.1) is 11.8 Å². The number of likely N-dealkylation sites (tertiary alicyclic amines) is 1. The summed E-state index contributed by atoms with van der Waals surface area (Å²) in [4.78, 5) is 14.1. The van der Waals surface area contributed by atoms with Gasteiger partial charge in [-0.3, -0.25) is 4.79 Å². The fourth-order valence-corrected chi connectivity index (χ4v) is 3.31. The summed E-state index contributed by atoms with van der Waals surface area (Å²) < 4.78 is 0. The lowest BCUT2D eigenvalue weighted by atomic mass is 9.97. The first kappa shape index (κ1) is 13.2. The van der Waals surface area contributed by atoms with Crippen molar-refractivity contribution in [3.8, 4) is 0 Å². The summed E-state index contributed by atoms with van der Waals surface area (Å²) in [5.41, 5.74) is 0. The molecule has 2 fully saturated rings. The van der Waals surface area contributed by atoms with Crippen LogP contribution >= 0.6 is 11.6 Å². The van der Waals surface area contributed by atoms with Crippen molar-refractivity contribution >= 4 is 17.5 Å². The van der Waals surface area contributed by atoms with E-state index >= 15 is 0 Å². The Bertz CT molecular complexity index is 263. The van der Waals surface area contributed by atoms with Crippen molar-refractivity contribution in [2.75, 3.05) is 13.1 Å². The topological polar surface area (TPSA) is 20.3 Å². The van der Waals surface area contributed by atoms with Gasteiger partial charge in [-0.25, -0.2) is 0 Å². The number of rotatable bonds is 3. The highest BCUT2D eigenvalue weighted by atomic mass is 35.5. The van der Waals surface area contributed by atoms with Crippen molar-refractivity contribution in [1.29, 1.82) is 0 Å². The molecule has 0 bridgehead atoms. The lowest BCUT2D eigenvalue weighted by Gasteiger charge is -2.34. The highest BCUT2D eigenvalue weighted by molar-refractivity contribution is 6.20. The summed E-state index contributed by atoms with van der Waals surface area (Å²) >= 11 is 6.18. The molecule has 2 rings (SSSR count). The standard InChI is InChI=1S/C14H24ClNO/c1-11-10-16(9-8-13(11)15)14(17)7-6-12-4-2-3-5-12/h11-13H,2-10H2,1H3. The molecule has 1 heterocycles. The van der Waals surface area contributed by atoms with Gasteiger partial charge in [0.25, 0.3) is 0 Å². The van der Waals surface area contributed by atoms with Crippen LogP contribution in [-0.4, -0.2) is 29.3 Å². The first-order valence-electron chi connectivity index (χ1n) is 7.08. The summed E-state index contributed by atoms with van der Waals surface area (Å²) in [5.74, 6) is 1.62. The monoisotopic (exact) mass is 257 g/mol. The van der Waals surface area contributed by atoms with Gasteiger partial charge >= 0.3 is 0 Å². The van der Waals surface area contributed by atoms with E-state index in [9.17, 15) is 4.79 Å². The smallest absolute Gasteiger partial charge is 0.222 e. The molecular weight excluding hydrogens is 234 g/mol. The van der Waals surface area contributed by atoms with Gasteiger partial charge in [-0.2, -0.15) is 0 Å². The van der Waals surface area contributed by atoms with Gasteiger partial charge in [-0.1, -0.05) is 32.6 Å². The summed E-state index contributed by atoms with van der Waals surface area (Å²) in [5, 5.41) is 0.258. The summed E-state index contributed by atoms with van der Waals surface area (Å²) in [7, 11) is 0. The first-order valence-corrected chi connectivity index (χ1v) is 7.52. The maximum Gasteiger partial charge on any atom is 0.222 e. The van der Waals surface area contributed by atoms with Crippen molar-refractivity contribution in [2.45, 2.75) is 57.2 Å². The number of piperidine rings is 1. The van der Waals surface area contributed by atoms with E-state index in [1.807, 2.05) is 4.90 Å². The zero-order valence-electron chi connectivity index (χ0n) is 10.8. The van der Waals surface area contributed by atoms with Crippen LogP contribution in [0.4, 0.5) is 0 Å². The van der Waals surface area contributed by atoms with Crippen LogP contribution in [0.5, 0.6) is 0 Å². The molecule has 1 amide bonds. The van der Waals surface area contributed by atoms with Gasteiger partial charge in [-0.15, -0.1) is 11.6 Å². The quantitative estimate of drug-likeness (QED) is 0.710. The fraction of sp³-hybridized carbons (Fsp3) is 0.929. The summed E-state index contributed by atoms with van der Waals surface area (Å²) in [6, 6.07) is 0. The molecule has 0 aromatic heterocycles. The van der Waals surface area contributed by atoms with Gasteiger partial charge in [-0.05, 0) is 24.7 Å². The average Bonchev–Trinajstić information content (AvgIpc) is 2.82. The van der Waals surface area contributed by atoms with Gasteiger partial charge in [0, 0.05) is 24.9 Å². The molecular formula is C14H24ClNO. The highest BCUT2D eigenvalue weighted by Gasteiger charge is 2.27. The maximum absolute atomic E-state index is 12.1. The van der Waals surface area contributed by atoms with E-state index in [1.165, 1.54) is 25.7 Å². The number of alkyl halides is 1. The number of amides is 1. The Morgan fingerprint density at radius 3 is 2.65 bits per heavy atom. The van der Waals surface area contributed by atoms with Gasteiger partial charge < -0.3 is 4.90 Å². The predicted octanol–water partition coefficient (Wildman–Crippen LogP) is 3.43. The molecule has 1 saturated heterocycles. The van der Waals surface area contributed by atoms with Gasteiger partial charge in [0.15, 0.2) is 0 Å². The Labute approximate surface area is 110 Å². The zero-order valence-corrected chi connectivity index (χ0v) is 11.6. The number of hydrogen-bond donors (Lipinski definition) is 0. The van der Waals surface area contributed by atoms with E-state index in [0.29, 0.717) is 11.8 Å². The minimum absolute atomic E-state index is 0.258. The van der Waals surface area contributed by atoms with E-state index < -0.39 is 0 Å². The number of nitrogens with zero attached hydrogens (tertiary/aromatic N) is 1. The minimum Gasteiger partial charge on any atom is -0.342 e. The molecule has 1 saturated carbocycles. The summed E-state index contributed by atoms with van der Waals surface area (Å²) in [6.45, 7) is 3.87. The first-order chi connectivity index (χ1) is 8.16.